The summed E-state index contributed by atoms with van der Waals surface area (Å²) in [6.45, 7) is -3.19. The van der Waals surface area contributed by atoms with Crippen LogP contribution < -0.4 is 4.74 Å². The lowest BCUT2D eigenvalue weighted by Crippen LogP contribution is -2.10. The van der Waals surface area contributed by atoms with Crippen molar-refractivity contribution < 1.29 is 26.3 Å². The SMILES string of the molecule is O=S(=O)(Cc1c(F)cccc1OC(F)F)c1ncc(Cl)s1. The van der Waals surface area contributed by atoms with E-state index < -0.39 is 39.3 Å². The van der Waals surface area contributed by atoms with E-state index in [0.717, 1.165) is 24.4 Å². The second-order valence-corrected chi connectivity index (χ2v) is 7.61. The van der Waals surface area contributed by atoms with Gasteiger partial charge >= 0.3 is 6.61 Å². The van der Waals surface area contributed by atoms with E-state index in [1.807, 2.05) is 0 Å². The molecule has 0 fully saturated rings. The number of thiazole rings is 1. The third-order valence-electron chi connectivity index (χ3n) is 2.35. The number of halogens is 4. The number of sulfone groups is 1. The maximum atomic E-state index is 13.7. The molecule has 0 bridgehead atoms. The minimum absolute atomic E-state index is 0.145. The molecule has 4 nitrogen and oxygen atoms in total. The van der Waals surface area contributed by atoms with Crippen LogP contribution in [-0.2, 0) is 15.6 Å². The summed E-state index contributed by atoms with van der Waals surface area (Å²) in [5, 5.41) is 0. The zero-order valence-corrected chi connectivity index (χ0v) is 12.5. The Bertz CT molecular complexity index is 749. The molecule has 21 heavy (non-hydrogen) atoms. The molecule has 0 saturated heterocycles. The second-order valence-electron chi connectivity index (χ2n) is 3.78. The molecular formula is C11H7ClF3NO3S2. The topological polar surface area (TPSA) is 56.3 Å². The van der Waals surface area contributed by atoms with Crippen LogP contribution in [0.1, 0.15) is 5.56 Å². The van der Waals surface area contributed by atoms with Gasteiger partial charge in [-0.25, -0.2) is 17.8 Å². The Morgan fingerprint density at radius 3 is 2.67 bits per heavy atom. The van der Waals surface area contributed by atoms with Gasteiger partial charge in [0.25, 0.3) is 0 Å². The van der Waals surface area contributed by atoms with Crippen LogP contribution in [0.5, 0.6) is 5.75 Å². The summed E-state index contributed by atoms with van der Waals surface area (Å²) in [5.41, 5.74) is -0.482. The number of ether oxygens (including phenoxy) is 1. The number of aromatic nitrogens is 1. The molecule has 1 heterocycles. The number of benzene rings is 1. The van der Waals surface area contributed by atoms with Crippen molar-refractivity contribution in [1.29, 1.82) is 0 Å². The van der Waals surface area contributed by atoms with E-state index in [9.17, 15) is 21.6 Å². The first-order valence-electron chi connectivity index (χ1n) is 5.36. The lowest BCUT2D eigenvalue weighted by Gasteiger charge is -2.11. The third-order valence-corrected chi connectivity index (χ3v) is 5.58. The van der Waals surface area contributed by atoms with Crippen LogP contribution in [0.2, 0.25) is 4.34 Å². The highest BCUT2D eigenvalue weighted by atomic mass is 35.5. The average Bonchev–Trinajstić information content (AvgIpc) is 2.80. The molecule has 0 amide bonds. The molecule has 0 unspecified atom stereocenters. The first kappa shape index (κ1) is 16.1. The van der Waals surface area contributed by atoms with E-state index in [4.69, 9.17) is 11.6 Å². The van der Waals surface area contributed by atoms with Gasteiger partial charge in [0.1, 0.15) is 15.9 Å². The van der Waals surface area contributed by atoms with Gasteiger partial charge in [0.05, 0.1) is 11.9 Å². The molecule has 0 atom stereocenters. The molecule has 2 rings (SSSR count). The minimum Gasteiger partial charge on any atom is -0.434 e. The van der Waals surface area contributed by atoms with E-state index in [2.05, 4.69) is 9.72 Å². The van der Waals surface area contributed by atoms with Crippen molar-refractivity contribution >= 4 is 32.8 Å². The molecule has 1 aromatic heterocycles. The van der Waals surface area contributed by atoms with Crippen molar-refractivity contribution in [3.05, 3.63) is 40.1 Å². The zero-order valence-electron chi connectivity index (χ0n) is 10.1. The van der Waals surface area contributed by atoms with Crippen molar-refractivity contribution in [2.45, 2.75) is 16.7 Å². The van der Waals surface area contributed by atoms with Crippen molar-refractivity contribution in [2.75, 3.05) is 0 Å². The van der Waals surface area contributed by atoms with Crippen molar-refractivity contribution in [1.82, 2.24) is 4.98 Å². The van der Waals surface area contributed by atoms with Gasteiger partial charge in [-0.2, -0.15) is 8.78 Å². The molecule has 10 heteroatoms. The standard InChI is InChI=1S/C11H7ClF3NO3S2/c12-9-4-16-11(20-9)21(17,18)5-6-7(13)2-1-3-8(6)19-10(14)15/h1-4,10H,5H2. The smallest absolute Gasteiger partial charge is 0.387 e. The van der Waals surface area contributed by atoms with Gasteiger partial charge in [0.2, 0.25) is 14.2 Å². The molecule has 2 aromatic rings. The van der Waals surface area contributed by atoms with Crippen molar-refractivity contribution in [2.24, 2.45) is 0 Å². The predicted molar refractivity (Wildman–Crippen MR) is 71.0 cm³/mol. The summed E-state index contributed by atoms with van der Waals surface area (Å²) in [5.74, 6) is -2.35. The van der Waals surface area contributed by atoms with E-state index >= 15 is 0 Å². The third kappa shape index (κ3) is 3.86. The Kier molecular flexibility index (Phi) is 4.74. The Morgan fingerprint density at radius 2 is 2.10 bits per heavy atom. The molecule has 0 aliphatic rings. The van der Waals surface area contributed by atoms with E-state index in [-0.39, 0.29) is 8.68 Å². The lowest BCUT2D eigenvalue weighted by atomic mass is 10.2. The van der Waals surface area contributed by atoms with E-state index in [1.165, 1.54) is 0 Å². The van der Waals surface area contributed by atoms with Crippen molar-refractivity contribution in [3.63, 3.8) is 0 Å². The Labute approximate surface area is 127 Å². The highest BCUT2D eigenvalue weighted by molar-refractivity contribution is 7.92. The van der Waals surface area contributed by atoms with Crippen LogP contribution >= 0.6 is 22.9 Å². The maximum Gasteiger partial charge on any atom is 0.387 e. The fourth-order valence-corrected chi connectivity index (χ4v) is 4.25. The molecule has 1 aromatic carbocycles. The van der Waals surface area contributed by atoms with Crippen LogP contribution in [0.4, 0.5) is 13.2 Å². The fourth-order valence-electron chi connectivity index (χ4n) is 1.52. The van der Waals surface area contributed by atoms with Crippen LogP contribution in [0, 0.1) is 5.82 Å². The lowest BCUT2D eigenvalue weighted by molar-refractivity contribution is -0.0505. The van der Waals surface area contributed by atoms with Gasteiger partial charge in [-0.3, -0.25) is 0 Å². The Morgan fingerprint density at radius 1 is 1.38 bits per heavy atom. The first-order valence-corrected chi connectivity index (χ1v) is 8.20. The summed E-state index contributed by atoms with van der Waals surface area (Å²) in [4.78, 5) is 3.59. The molecule has 0 aliphatic carbocycles. The highest BCUT2D eigenvalue weighted by Crippen LogP contribution is 2.30. The predicted octanol–water partition coefficient (Wildman–Crippen LogP) is 3.51. The normalized spacial score (nSPS) is 11.9. The van der Waals surface area contributed by atoms with Gasteiger partial charge < -0.3 is 4.74 Å². The monoisotopic (exact) mass is 357 g/mol. The van der Waals surface area contributed by atoms with Crippen LogP contribution in [0.3, 0.4) is 0 Å². The van der Waals surface area contributed by atoms with E-state index in [0.29, 0.717) is 11.3 Å². The summed E-state index contributed by atoms with van der Waals surface area (Å²) in [6.07, 6.45) is 1.14. The number of alkyl halides is 2. The first-order chi connectivity index (χ1) is 9.79. The van der Waals surface area contributed by atoms with Gasteiger partial charge in [-0.05, 0) is 12.1 Å². The maximum absolute atomic E-state index is 13.7. The Balaban J connectivity index is 2.39. The molecular weight excluding hydrogens is 351 g/mol. The number of nitrogens with zero attached hydrogens (tertiary/aromatic N) is 1. The fraction of sp³-hybridized carbons (Fsp3) is 0.182. The molecule has 0 radical (unpaired) electrons. The molecule has 0 aliphatic heterocycles. The number of hydrogen-bond acceptors (Lipinski definition) is 5. The highest BCUT2D eigenvalue weighted by Gasteiger charge is 2.24. The number of rotatable bonds is 5. The molecule has 0 N–H and O–H groups in total. The Hall–Kier alpha value is -1.32. The zero-order chi connectivity index (χ0) is 15.6. The van der Waals surface area contributed by atoms with Crippen LogP contribution in [0.25, 0.3) is 0 Å². The molecule has 114 valence electrons. The summed E-state index contributed by atoms with van der Waals surface area (Å²) in [7, 11) is -4.02. The summed E-state index contributed by atoms with van der Waals surface area (Å²) >= 11 is 6.29. The second kappa shape index (κ2) is 6.20. The average molecular weight is 358 g/mol. The van der Waals surface area contributed by atoms with Crippen LogP contribution in [-0.4, -0.2) is 20.0 Å². The van der Waals surface area contributed by atoms with Crippen molar-refractivity contribution in [3.8, 4) is 5.75 Å². The van der Waals surface area contributed by atoms with Crippen LogP contribution in [0.15, 0.2) is 28.7 Å². The molecule has 0 saturated carbocycles. The summed E-state index contributed by atoms with van der Waals surface area (Å²) in [6, 6.07) is 3.16. The molecule has 0 spiro atoms. The van der Waals surface area contributed by atoms with E-state index in [1.54, 1.807) is 0 Å². The largest absolute Gasteiger partial charge is 0.434 e. The van der Waals surface area contributed by atoms with Gasteiger partial charge in [0.15, 0.2) is 0 Å². The van der Waals surface area contributed by atoms with Gasteiger partial charge in [-0.15, -0.1) is 0 Å². The summed E-state index contributed by atoms with van der Waals surface area (Å²) < 4.78 is 66.4. The number of hydrogen-bond donors (Lipinski definition) is 0. The van der Waals surface area contributed by atoms with Gasteiger partial charge in [-0.1, -0.05) is 29.0 Å². The minimum atomic E-state index is -4.02. The quantitative estimate of drug-likeness (QED) is 0.821. The van der Waals surface area contributed by atoms with Gasteiger partial charge in [0, 0.05) is 5.56 Å².